The monoisotopic (exact) mass is 292 g/mol. The summed E-state index contributed by atoms with van der Waals surface area (Å²) < 4.78 is 73.0. The van der Waals surface area contributed by atoms with E-state index >= 15 is 0 Å². The van der Waals surface area contributed by atoms with Crippen LogP contribution in [-0.4, -0.2) is 23.4 Å². The van der Waals surface area contributed by atoms with E-state index in [2.05, 4.69) is 4.98 Å². The predicted molar refractivity (Wildman–Crippen MR) is 52.0 cm³/mol. The van der Waals surface area contributed by atoms with Gasteiger partial charge in [0.1, 0.15) is 5.15 Å². The molecule has 1 heterocycles. The predicted octanol–water partition coefficient (Wildman–Crippen LogP) is 3.32. The minimum absolute atomic E-state index is 0.0990. The Morgan fingerprint density at radius 3 is 2.06 bits per heavy atom. The van der Waals surface area contributed by atoms with Crippen molar-refractivity contribution in [3.8, 4) is 0 Å². The first-order valence-corrected chi connectivity index (χ1v) is 4.96. The maximum absolute atomic E-state index is 12.2. The summed E-state index contributed by atoms with van der Waals surface area (Å²) in [5.41, 5.74) is 0.165. The van der Waals surface area contributed by atoms with Crippen molar-refractivity contribution in [2.75, 3.05) is 0 Å². The summed E-state index contributed by atoms with van der Waals surface area (Å²) in [5, 5.41) is 1.50. The molecule has 0 aliphatic carbocycles. The standard InChI is InChI=1S/C9H7ClF6N2/c10-6-2-1-5(3-17-6)4-18-7(8(11,12)13)9(14,15)16/h1-3,7,18H,4H2. The molecule has 102 valence electrons. The fourth-order valence-corrected chi connectivity index (χ4v) is 1.26. The highest BCUT2D eigenvalue weighted by molar-refractivity contribution is 6.29. The summed E-state index contributed by atoms with van der Waals surface area (Å²) in [6.45, 7) is -0.617. The molecule has 0 radical (unpaired) electrons. The Balaban J connectivity index is 2.72. The number of alkyl halides is 6. The summed E-state index contributed by atoms with van der Waals surface area (Å²) in [6, 6.07) is -1.01. The average molecular weight is 293 g/mol. The topological polar surface area (TPSA) is 24.9 Å². The van der Waals surface area contributed by atoms with Crippen molar-refractivity contribution in [3.63, 3.8) is 0 Å². The molecule has 1 rings (SSSR count). The minimum Gasteiger partial charge on any atom is -0.294 e. The summed E-state index contributed by atoms with van der Waals surface area (Å²) in [5.74, 6) is 0. The minimum atomic E-state index is -5.40. The van der Waals surface area contributed by atoms with Gasteiger partial charge in [-0.2, -0.15) is 26.3 Å². The molecule has 0 saturated carbocycles. The van der Waals surface area contributed by atoms with Crippen LogP contribution in [0, 0.1) is 0 Å². The summed E-state index contributed by atoms with van der Waals surface area (Å²) in [6.07, 6.45) is -9.71. The Morgan fingerprint density at radius 2 is 1.67 bits per heavy atom. The van der Waals surface area contributed by atoms with E-state index in [1.165, 1.54) is 17.4 Å². The number of rotatable bonds is 3. The average Bonchev–Trinajstić information content (AvgIpc) is 2.17. The third-order valence-electron chi connectivity index (χ3n) is 1.95. The fraction of sp³-hybridized carbons (Fsp3) is 0.444. The zero-order valence-corrected chi connectivity index (χ0v) is 9.37. The van der Waals surface area contributed by atoms with Crippen LogP contribution in [0.15, 0.2) is 18.3 Å². The molecule has 0 saturated heterocycles. The van der Waals surface area contributed by atoms with Gasteiger partial charge in [0.05, 0.1) is 0 Å². The lowest BCUT2D eigenvalue weighted by Crippen LogP contribution is -2.52. The maximum Gasteiger partial charge on any atom is 0.412 e. The lowest BCUT2D eigenvalue weighted by atomic mass is 10.2. The number of halogens is 7. The molecule has 1 N–H and O–H groups in total. The zero-order valence-electron chi connectivity index (χ0n) is 8.61. The van der Waals surface area contributed by atoms with E-state index in [9.17, 15) is 26.3 Å². The molecule has 1 aromatic heterocycles. The number of nitrogens with zero attached hydrogens (tertiary/aromatic N) is 1. The van der Waals surface area contributed by atoms with E-state index in [4.69, 9.17) is 11.6 Å². The highest BCUT2D eigenvalue weighted by Gasteiger charge is 2.56. The third-order valence-corrected chi connectivity index (χ3v) is 2.18. The number of nitrogens with one attached hydrogen (secondary N) is 1. The van der Waals surface area contributed by atoms with Crippen molar-refractivity contribution in [1.82, 2.24) is 10.3 Å². The molecule has 0 bridgehead atoms. The number of aromatic nitrogens is 1. The van der Waals surface area contributed by atoms with Gasteiger partial charge in [-0.3, -0.25) is 5.32 Å². The fourth-order valence-electron chi connectivity index (χ4n) is 1.15. The van der Waals surface area contributed by atoms with Gasteiger partial charge >= 0.3 is 12.4 Å². The molecule has 0 aliphatic heterocycles. The van der Waals surface area contributed by atoms with Gasteiger partial charge in [-0.25, -0.2) is 4.98 Å². The van der Waals surface area contributed by atoms with Crippen molar-refractivity contribution in [3.05, 3.63) is 29.0 Å². The molecule has 0 aliphatic rings. The molecule has 2 nitrogen and oxygen atoms in total. The van der Waals surface area contributed by atoms with Crippen LogP contribution in [0.3, 0.4) is 0 Å². The molecule has 0 amide bonds. The summed E-state index contributed by atoms with van der Waals surface area (Å²) in [4.78, 5) is 3.54. The van der Waals surface area contributed by atoms with E-state index in [-0.39, 0.29) is 10.7 Å². The highest BCUT2D eigenvalue weighted by Crippen LogP contribution is 2.33. The smallest absolute Gasteiger partial charge is 0.294 e. The Kier molecular flexibility index (Phi) is 4.44. The normalized spacial score (nSPS) is 13.1. The highest BCUT2D eigenvalue weighted by atomic mass is 35.5. The Labute approximate surface area is 103 Å². The molecule has 1 aromatic rings. The summed E-state index contributed by atoms with van der Waals surface area (Å²) >= 11 is 5.43. The van der Waals surface area contributed by atoms with Gasteiger partial charge in [0.25, 0.3) is 0 Å². The van der Waals surface area contributed by atoms with E-state index in [0.717, 1.165) is 6.20 Å². The molecular weight excluding hydrogens is 286 g/mol. The van der Waals surface area contributed by atoms with E-state index in [1.807, 2.05) is 0 Å². The number of hydrogen-bond acceptors (Lipinski definition) is 2. The number of pyridine rings is 1. The molecule has 0 fully saturated rings. The second-order valence-electron chi connectivity index (χ2n) is 3.39. The first-order valence-electron chi connectivity index (χ1n) is 4.58. The van der Waals surface area contributed by atoms with Crippen LogP contribution < -0.4 is 5.32 Å². The second kappa shape index (κ2) is 5.31. The number of hydrogen-bond donors (Lipinski definition) is 1. The van der Waals surface area contributed by atoms with E-state index in [1.54, 1.807) is 0 Å². The largest absolute Gasteiger partial charge is 0.412 e. The SMILES string of the molecule is FC(F)(F)C(NCc1ccc(Cl)nc1)C(F)(F)F. The zero-order chi connectivity index (χ0) is 14.0. The second-order valence-corrected chi connectivity index (χ2v) is 3.77. The van der Waals surface area contributed by atoms with Gasteiger partial charge in [0, 0.05) is 12.7 Å². The Hall–Kier alpha value is -1.02. The van der Waals surface area contributed by atoms with Crippen molar-refractivity contribution in [2.45, 2.75) is 24.9 Å². The molecular formula is C9H7ClF6N2. The van der Waals surface area contributed by atoms with Crippen molar-refractivity contribution in [2.24, 2.45) is 0 Å². The van der Waals surface area contributed by atoms with Crippen LogP contribution in [0.4, 0.5) is 26.3 Å². The van der Waals surface area contributed by atoms with Crippen LogP contribution in [-0.2, 0) is 6.54 Å². The molecule has 0 spiro atoms. The van der Waals surface area contributed by atoms with E-state index < -0.39 is 24.9 Å². The van der Waals surface area contributed by atoms with Gasteiger partial charge in [0.15, 0.2) is 0 Å². The van der Waals surface area contributed by atoms with Crippen molar-refractivity contribution >= 4 is 11.6 Å². The first kappa shape index (κ1) is 15.0. The molecule has 0 unspecified atom stereocenters. The van der Waals surface area contributed by atoms with Crippen LogP contribution in [0.25, 0.3) is 0 Å². The van der Waals surface area contributed by atoms with Gasteiger partial charge in [-0.1, -0.05) is 17.7 Å². The molecule has 0 atom stereocenters. The van der Waals surface area contributed by atoms with Crippen LogP contribution in [0.5, 0.6) is 0 Å². The summed E-state index contributed by atoms with van der Waals surface area (Å²) in [7, 11) is 0. The van der Waals surface area contributed by atoms with Crippen molar-refractivity contribution < 1.29 is 26.3 Å². The quantitative estimate of drug-likeness (QED) is 0.683. The molecule has 18 heavy (non-hydrogen) atoms. The molecule has 0 aromatic carbocycles. The Morgan fingerprint density at radius 1 is 1.11 bits per heavy atom. The third kappa shape index (κ3) is 4.34. The van der Waals surface area contributed by atoms with Gasteiger partial charge in [-0.05, 0) is 11.6 Å². The van der Waals surface area contributed by atoms with Crippen molar-refractivity contribution in [1.29, 1.82) is 0 Å². The van der Waals surface area contributed by atoms with E-state index in [0.29, 0.717) is 0 Å². The first-order chi connectivity index (χ1) is 8.10. The molecule has 9 heteroatoms. The van der Waals surface area contributed by atoms with Gasteiger partial charge in [0.2, 0.25) is 6.04 Å². The van der Waals surface area contributed by atoms with Gasteiger partial charge in [-0.15, -0.1) is 0 Å². The Bertz CT molecular complexity index is 372. The lowest BCUT2D eigenvalue weighted by molar-refractivity contribution is -0.258. The lowest BCUT2D eigenvalue weighted by Gasteiger charge is -2.23. The van der Waals surface area contributed by atoms with Crippen LogP contribution in [0.1, 0.15) is 5.56 Å². The van der Waals surface area contributed by atoms with Crippen LogP contribution in [0.2, 0.25) is 5.15 Å². The van der Waals surface area contributed by atoms with Crippen LogP contribution >= 0.6 is 11.6 Å². The van der Waals surface area contributed by atoms with Gasteiger partial charge < -0.3 is 0 Å². The maximum atomic E-state index is 12.2.